The van der Waals surface area contributed by atoms with Crippen LogP contribution in [0.1, 0.15) is 46.4 Å². The van der Waals surface area contributed by atoms with Crippen molar-refractivity contribution in [3.63, 3.8) is 0 Å². The molecule has 2 aromatic rings. The van der Waals surface area contributed by atoms with Gasteiger partial charge in [-0.05, 0) is 37.1 Å². The minimum Gasteiger partial charge on any atom is -0.349 e. The van der Waals surface area contributed by atoms with E-state index in [1.54, 1.807) is 48.8 Å². The monoisotopic (exact) mass is 309 g/mol. The lowest BCUT2D eigenvalue weighted by molar-refractivity contribution is 0.0939. The van der Waals surface area contributed by atoms with Gasteiger partial charge in [-0.2, -0.15) is 0 Å². The van der Waals surface area contributed by atoms with E-state index in [1.165, 1.54) is 0 Å². The van der Waals surface area contributed by atoms with Crippen molar-refractivity contribution >= 4 is 17.5 Å². The van der Waals surface area contributed by atoms with Gasteiger partial charge in [0.15, 0.2) is 0 Å². The van der Waals surface area contributed by atoms with Crippen LogP contribution in [0, 0.1) is 0 Å². The Morgan fingerprint density at radius 3 is 2.39 bits per heavy atom. The zero-order valence-corrected chi connectivity index (χ0v) is 12.8. The predicted octanol–water partition coefficient (Wildman–Crippen LogP) is 3.01. The van der Waals surface area contributed by atoms with Crippen LogP contribution in [-0.4, -0.2) is 22.8 Å². The number of nitrogens with zero attached hydrogens (tertiary/aromatic N) is 1. The number of rotatable bonds is 4. The summed E-state index contributed by atoms with van der Waals surface area (Å²) in [6.07, 6.45) is 7.49. The summed E-state index contributed by atoms with van der Waals surface area (Å²) in [6, 6.07) is 10.6. The lowest BCUT2D eigenvalue weighted by Gasteiger charge is -2.15. The van der Waals surface area contributed by atoms with Gasteiger partial charge in [-0.25, -0.2) is 0 Å². The molecule has 5 nitrogen and oxygen atoms in total. The number of pyridine rings is 1. The van der Waals surface area contributed by atoms with E-state index < -0.39 is 0 Å². The normalized spacial score (nSPS) is 14.4. The van der Waals surface area contributed by atoms with Crippen molar-refractivity contribution in [2.45, 2.75) is 31.7 Å². The van der Waals surface area contributed by atoms with Crippen molar-refractivity contribution in [1.82, 2.24) is 10.3 Å². The van der Waals surface area contributed by atoms with Crippen LogP contribution in [0.3, 0.4) is 0 Å². The third-order valence-corrected chi connectivity index (χ3v) is 4.05. The number of hydrogen-bond acceptors (Lipinski definition) is 3. The second-order valence-electron chi connectivity index (χ2n) is 5.69. The smallest absolute Gasteiger partial charge is 0.255 e. The summed E-state index contributed by atoms with van der Waals surface area (Å²) < 4.78 is 0. The summed E-state index contributed by atoms with van der Waals surface area (Å²) in [4.78, 5) is 28.6. The lowest BCUT2D eigenvalue weighted by atomic mass is 10.1. The highest BCUT2D eigenvalue weighted by molar-refractivity contribution is 6.08. The standard InChI is InChI=1S/C18H19N3O2/c22-17(13-9-11-19-12-10-13)21-16-8-4-3-7-15(16)18(23)20-14-5-1-2-6-14/h3-4,7-12,14H,1-2,5-6H2,(H,20,23)(H,21,22). The molecule has 0 saturated heterocycles. The molecule has 1 aliphatic rings. The first-order valence-electron chi connectivity index (χ1n) is 7.85. The Kier molecular flexibility index (Phi) is 4.66. The summed E-state index contributed by atoms with van der Waals surface area (Å²) >= 11 is 0. The Bertz CT molecular complexity index is 694. The van der Waals surface area contributed by atoms with Crippen molar-refractivity contribution in [2.75, 3.05) is 5.32 Å². The first kappa shape index (κ1) is 15.2. The van der Waals surface area contributed by atoms with Gasteiger partial charge >= 0.3 is 0 Å². The summed E-state index contributed by atoms with van der Waals surface area (Å²) in [5, 5.41) is 5.85. The molecule has 118 valence electrons. The van der Waals surface area contributed by atoms with Gasteiger partial charge in [0.2, 0.25) is 0 Å². The Hall–Kier alpha value is -2.69. The number of nitrogens with one attached hydrogen (secondary N) is 2. The van der Waals surface area contributed by atoms with E-state index in [4.69, 9.17) is 0 Å². The highest BCUT2D eigenvalue weighted by atomic mass is 16.2. The van der Waals surface area contributed by atoms with E-state index in [0.29, 0.717) is 16.8 Å². The highest BCUT2D eigenvalue weighted by Crippen LogP contribution is 2.20. The van der Waals surface area contributed by atoms with Gasteiger partial charge in [-0.3, -0.25) is 14.6 Å². The molecule has 1 aromatic carbocycles. The van der Waals surface area contributed by atoms with Crippen molar-refractivity contribution in [3.05, 3.63) is 59.9 Å². The van der Waals surface area contributed by atoms with Crippen LogP contribution < -0.4 is 10.6 Å². The van der Waals surface area contributed by atoms with Crippen LogP contribution in [0.15, 0.2) is 48.8 Å². The largest absolute Gasteiger partial charge is 0.349 e. The maximum Gasteiger partial charge on any atom is 0.255 e. The van der Waals surface area contributed by atoms with E-state index in [1.807, 2.05) is 0 Å². The molecule has 0 aliphatic heterocycles. The molecule has 1 saturated carbocycles. The molecule has 0 radical (unpaired) electrons. The Labute approximate surface area is 135 Å². The number of aromatic nitrogens is 1. The molecular weight excluding hydrogens is 290 g/mol. The van der Waals surface area contributed by atoms with Crippen molar-refractivity contribution < 1.29 is 9.59 Å². The third kappa shape index (κ3) is 3.74. The van der Waals surface area contributed by atoms with Gasteiger partial charge in [-0.1, -0.05) is 25.0 Å². The van der Waals surface area contributed by atoms with Crippen LogP contribution in [0.25, 0.3) is 0 Å². The van der Waals surface area contributed by atoms with E-state index in [-0.39, 0.29) is 17.9 Å². The molecule has 1 aromatic heterocycles. The molecule has 2 N–H and O–H groups in total. The van der Waals surface area contributed by atoms with E-state index >= 15 is 0 Å². The van der Waals surface area contributed by atoms with E-state index in [9.17, 15) is 9.59 Å². The number of benzene rings is 1. The molecule has 2 amide bonds. The lowest BCUT2D eigenvalue weighted by Crippen LogP contribution is -2.33. The van der Waals surface area contributed by atoms with Crippen LogP contribution >= 0.6 is 0 Å². The Balaban J connectivity index is 1.75. The maximum atomic E-state index is 12.5. The number of carbonyl (C=O) groups excluding carboxylic acids is 2. The summed E-state index contributed by atoms with van der Waals surface area (Å²) in [5.41, 5.74) is 1.51. The first-order chi connectivity index (χ1) is 11.2. The summed E-state index contributed by atoms with van der Waals surface area (Å²) in [6.45, 7) is 0. The molecule has 1 fully saturated rings. The van der Waals surface area contributed by atoms with Gasteiger partial charge < -0.3 is 10.6 Å². The molecule has 0 bridgehead atoms. The van der Waals surface area contributed by atoms with E-state index in [0.717, 1.165) is 25.7 Å². The molecule has 0 spiro atoms. The second kappa shape index (κ2) is 7.05. The Morgan fingerprint density at radius 2 is 1.65 bits per heavy atom. The summed E-state index contributed by atoms with van der Waals surface area (Å²) in [7, 11) is 0. The molecule has 1 aliphatic carbocycles. The minimum atomic E-state index is -0.256. The maximum absolute atomic E-state index is 12.5. The van der Waals surface area contributed by atoms with Crippen molar-refractivity contribution in [2.24, 2.45) is 0 Å². The van der Waals surface area contributed by atoms with Crippen molar-refractivity contribution in [3.8, 4) is 0 Å². The number of carbonyl (C=O) groups is 2. The molecule has 0 atom stereocenters. The highest BCUT2D eigenvalue weighted by Gasteiger charge is 2.20. The van der Waals surface area contributed by atoms with Crippen LogP contribution in [0.5, 0.6) is 0 Å². The molecule has 3 rings (SSSR count). The minimum absolute atomic E-state index is 0.137. The SMILES string of the molecule is O=C(Nc1ccccc1C(=O)NC1CCCC1)c1ccncc1. The fourth-order valence-electron chi connectivity index (χ4n) is 2.82. The van der Waals surface area contributed by atoms with Crippen molar-refractivity contribution in [1.29, 1.82) is 0 Å². The molecule has 0 unspecified atom stereocenters. The average Bonchev–Trinajstić information content (AvgIpc) is 3.09. The van der Waals surface area contributed by atoms with Gasteiger partial charge in [0.1, 0.15) is 0 Å². The predicted molar refractivity (Wildman–Crippen MR) is 88.4 cm³/mol. The zero-order valence-electron chi connectivity index (χ0n) is 12.8. The number of amides is 2. The van der Waals surface area contributed by atoms with E-state index in [2.05, 4.69) is 15.6 Å². The van der Waals surface area contributed by atoms with Gasteiger partial charge in [0, 0.05) is 24.0 Å². The average molecular weight is 309 g/mol. The number of hydrogen-bond donors (Lipinski definition) is 2. The van der Waals surface area contributed by atoms with Gasteiger partial charge in [0.05, 0.1) is 11.3 Å². The van der Waals surface area contributed by atoms with Gasteiger partial charge in [-0.15, -0.1) is 0 Å². The van der Waals surface area contributed by atoms with Crippen LogP contribution in [-0.2, 0) is 0 Å². The quantitative estimate of drug-likeness (QED) is 0.912. The first-order valence-corrected chi connectivity index (χ1v) is 7.85. The zero-order chi connectivity index (χ0) is 16.1. The van der Waals surface area contributed by atoms with Gasteiger partial charge in [0.25, 0.3) is 11.8 Å². The topological polar surface area (TPSA) is 71.1 Å². The Morgan fingerprint density at radius 1 is 0.957 bits per heavy atom. The van der Waals surface area contributed by atoms with Crippen LogP contribution in [0.4, 0.5) is 5.69 Å². The third-order valence-electron chi connectivity index (χ3n) is 4.05. The van der Waals surface area contributed by atoms with Crippen LogP contribution in [0.2, 0.25) is 0 Å². The summed E-state index contributed by atoms with van der Waals surface area (Å²) in [5.74, 6) is -0.393. The molecule has 5 heteroatoms. The number of para-hydroxylation sites is 1. The fourth-order valence-corrected chi connectivity index (χ4v) is 2.82. The second-order valence-corrected chi connectivity index (χ2v) is 5.69. The molecule has 1 heterocycles. The number of anilines is 1. The molecule has 23 heavy (non-hydrogen) atoms. The molecular formula is C18H19N3O2. The fraction of sp³-hybridized carbons (Fsp3) is 0.278.